The van der Waals surface area contributed by atoms with Gasteiger partial charge in [-0.25, -0.2) is 14.4 Å². The number of hydrogen-bond donors (Lipinski definition) is 1. The molecule has 4 rings (SSSR count). The van der Waals surface area contributed by atoms with E-state index in [1.165, 1.54) is 12.1 Å². The number of rotatable bonds is 5. The van der Waals surface area contributed by atoms with Crippen molar-refractivity contribution >= 4 is 11.7 Å². The summed E-state index contributed by atoms with van der Waals surface area (Å²) in [5.74, 6) is 0.694. The molecule has 2 aliphatic rings. The maximum Gasteiger partial charge on any atom is 0.224 e. The number of aromatic nitrogens is 2. The van der Waals surface area contributed by atoms with Crippen molar-refractivity contribution in [2.75, 3.05) is 31.1 Å². The minimum absolute atomic E-state index is 0.0565. The van der Waals surface area contributed by atoms with Crippen LogP contribution in [-0.4, -0.2) is 48.2 Å². The Morgan fingerprint density at radius 2 is 2.03 bits per heavy atom. The Hall–Kier alpha value is -2.54. The predicted molar refractivity (Wildman–Crippen MR) is 113 cm³/mol. The van der Waals surface area contributed by atoms with Crippen molar-refractivity contribution < 1.29 is 13.9 Å². The summed E-state index contributed by atoms with van der Waals surface area (Å²) in [5.41, 5.74) is 2.17. The highest BCUT2D eigenvalue weighted by molar-refractivity contribution is 5.78. The van der Waals surface area contributed by atoms with Gasteiger partial charge in [0.2, 0.25) is 5.91 Å². The van der Waals surface area contributed by atoms with Crippen molar-refractivity contribution in [1.29, 1.82) is 0 Å². The Morgan fingerprint density at radius 1 is 1.27 bits per heavy atom. The molecular weight excluding hydrogens is 383 g/mol. The molecule has 3 heterocycles. The molecule has 2 fully saturated rings. The zero-order valence-corrected chi connectivity index (χ0v) is 17.4. The van der Waals surface area contributed by atoms with Gasteiger partial charge in [-0.2, -0.15) is 0 Å². The molecule has 1 aromatic carbocycles. The highest BCUT2D eigenvalue weighted by atomic mass is 19.1. The average Bonchev–Trinajstić information content (AvgIpc) is 2.76. The second-order valence-corrected chi connectivity index (χ2v) is 8.60. The molecule has 160 valence electrons. The van der Waals surface area contributed by atoms with E-state index < -0.39 is 0 Å². The third kappa shape index (κ3) is 4.95. The maximum absolute atomic E-state index is 13.0. The van der Waals surface area contributed by atoms with Gasteiger partial charge in [0.25, 0.3) is 0 Å². The number of carbonyl (C=O) groups excluding carboxylic acids is 1. The lowest BCUT2D eigenvalue weighted by Gasteiger charge is -2.46. The Morgan fingerprint density at radius 3 is 2.70 bits per heavy atom. The van der Waals surface area contributed by atoms with E-state index in [1.54, 1.807) is 18.5 Å². The number of aryl methyl sites for hydroxylation is 1. The molecule has 2 aliphatic heterocycles. The van der Waals surface area contributed by atoms with E-state index in [0.29, 0.717) is 6.54 Å². The maximum atomic E-state index is 13.0. The number of anilines is 1. The van der Waals surface area contributed by atoms with Crippen LogP contribution in [0.2, 0.25) is 0 Å². The monoisotopic (exact) mass is 412 g/mol. The zero-order chi connectivity index (χ0) is 21.0. The smallest absolute Gasteiger partial charge is 0.224 e. The molecule has 0 bridgehead atoms. The molecule has 0 aliphatic carbocycles. The van der Waals surface area contributed by atoms with Crippen molar-refractivity contribution in [1.82, 2.24) is 15.3 Å². The fraction of sp³-hybridized carbons (Fsp3) is 0.522. The topological polar surface area (TPSA) is 67.4 Å². The summed E-state index contributed by atoms with van der Waals surface area (Å²) in [4.78, 5) is 23.0. The molecule has 1 amide bonds. The summed E-state index contributed by atoms with van der Waals surface area (Å²) in [7, 11) is 0. The van der Waals surface area contributed by atoms with Gasteiger partial charge in [-0.1, -0.05) is 12.1 Å². The summed E-state index contributed by atoms with van der Waals surface area (Å²) in [6, 6.07) is 6.05. The SMILES string of the molecule is Cc1cncnc1N1CCC2(CCC(CNC(=O)Cc3ccc(F)cc3)OC2)CC1. The highest BCUT2D eigenvalue weighted by Gasteiger charge is 2.39. The molecule has 2 saturated heterocycles. The number of nitrogens with zero attached hydrogens (tertiary/aromatic N) is 3. The van der Waals surface area contributed by atoms with Gasteiger partial charge in [0.1, 0.15) is 18.0 Å². The van der Waals surface area contributed by atoms with Gasteiger partial charge in [-0.15, -0.1) is 0 Å². The Labute approximate surface area is 176 Å². The van der Waals surface area contributed by atoms with Crippen molar-refractivity contribution in [3.63, 3.8) is 0 Å². The van der Waals surface area contributed by atoms with Crippen LogP contribution < -0.4 is 10.2 Å². The summed E-state index contributed by atoms with van der Waals surface area (Å²) >= 11 is 0. The Balaban J connectivity index is 1.20. The number of carbonyl (C=O) groups is 1. The van der Waals surface area contributed by atoms with E-state index in [2.05, 4.69) is 27.1 Å². The van der Waals surface area contributed by atoms with Crippen LogP contribution in [-0.2, 0) is 16.0 Å². The van der Waals surface area contributed by atoms with Crippen molar-refractivity contribution in [3.8, 4) is 0 Å². The second kappa shape index (κ2) is 9.08. The van der Waals surface area contributed by atoms with E-state index in [-0.39, 0.29) is 29.7 Å². The standard InChI is InChI=1S/C23H29FN4O2/c1-17-13-25-16-27-22(17)28-10-8-23(9-11-28)7-6-20(30-15-23)14-26-21(29)12-18-2-4-19(24)5-3-18/h2-5,13,16,20H,6-12,14-15H2,1H3,(H,26,29). The number of amides is 1. The van der Waals surface area contributed by atoms with Gasteiger partial charge in [0.15, 0.2) is 0 Å². The number of piperidine rings is 1. The third-order valence-electron chi connectivity index (χ3n) is 6.42. The van der Waals surface area contributed by atoms with Crippen molar-refractivity contribution in [2.24, 2.45) is 5.41 Å². The van der Waals surface area contributed by atoms with Gasteiger partial charge in [-0.05, 0) is 55.7 Å². The first-order chi connectivity index (χ1) is 14.5. The number of ether oxygens (including phenoxy) is 1. The summed E-state index contributed by atoms with van der Waals surface area (Å²) < 4.78 is 19.1. The number of hydrogen-bond acceptors (Lipinski definition) is 5. The van der Waals surface area contributed by atoms with Gasteiger partial charge in [-0.3, -0.25) is 4.79 Å². The molecule has 1 spiro atoms. The molecule has 0 saturated carbocycles. The zero-order valence-electron chi connectivity index (χ0n) is 17.4. The minimum atomic E-state index is -0.290. The van der Waals surface area contributed by atoms with Crippen LogP contribution >= 0.6 is 0 Å². The van der Waals surface area contributed by atoms with E-state index in [1.807, 2.05) is 6.20 Å². The molecule has 1 aromatic heterocycles. The molecule has 0 radical (unpaired) electrons. The van der Waals surface area contributed by atoms with Gasteiger partial charge in [0.05, 0.1) is 19.1 Å². The summed E-state index contributed by atoms with van der Waals surface area (Å²) in [6.45, 7) is 5.31. The quantitative estimate of drug-likeness (QED) is 0.818. The molecule has 7 heteroatoms. The van der Waals surface area contributed by atoms with Gasteiger partial charge < -0.3 is 15.0 Å². The predicted octanol–water partition coefficient (Wildman–Crippen LogP) is 3.05. The van der Waals surface area contributed by atoms with E-state index >= 15 is 0 Å². The van der Waals surface area contributed by atoms with Crippen LogP contribution in [0.3, 0.4) is 0 Å². The first kappa shape index (κ1) is 20.7. The fourth-order valence-corrected chi connectivity index (χ4v) is 4.47. The second-order valence-electron chi connectivity index (χ2n) is 8.60. The molecule has 1 N–H and O–H groups in total. The minimum Gasteiger partial charge on any atom is -0.376 e. The summed E-state index contributed by atoms with van der Waals surface area (Å²) in [6.07, 6.45) is 8.09. The van der Waals surface area contributed by atoms with Crippen LogP contribution in [0.4, 0.5) is 10.2 Å². The van der Waals surface area contributed by atoms with Crippen molar-refractivity contribution in [3.05, 3.63) is 53.7 Å². The average molecular weight is 413 g/mol. The van der Waals surface area contributed by atoms with Crippen LogP contribution in [0.25, 0.3) is 0 Å². The molecule has 1 atom stereocenters. The number of nitrogens with one attached hydrogen (secondary N) is 1. The molecule has 6 nitrogen and oxygen atoms in total. The van der Waals surface area contributed by atoms with Crippen LogP contribution in [0.5, 0.6) is 0 Å². The fourth-order valence-electron chi connectivity index (χ4n) is 4.47. The first-order valence-corrected chi connectivity index (χ1v) is 10.7. The lowest BCUT2D eigenvalue weighted by atomic mass is 9.73. The van der Waals surface area contributed by atoms with Crippen molar-refractivity contribution in [2.45, 2.75) is 45.1 Å². The Kier molecular flexibility index (Phi) is 6.27. The molecular formula is C23H29FN4O2. The van der Waals surface area contributed by atoms with E-state index in [9.17, 15) is 9.18 Å². The summed E-state index contributed by atoms with van der Waals surface area (Å²) in [5, 5.41) is 2.96. The highest BCUT2D eigenvalue weighted by Crippen LogP contribution is 2.41. The molecule has 30 heavy (non-hydrogen) atoms. The lowest BCUT2D eigenvalue weighted by Crippen LogP contribution is -2.48. The van der Waals surface area contributed by atoms with Crippen LogP contribution in [0.15, 0.2) is 36.8 Å². The Bertz CT molecular complexity index is 856. The number of halogens is 1. The van der Waals surface area contributed by atoms with E-state index in [4.69, 9.17) is 4.74 Å². The number of benzene rings is 1. The largest absolute Gasteiger partial charge is 0.376 e. The van der Waals surface area contributed by atoms with Crippen LogP contribution in [0, 0.1) is 18.2 Å². The molecule has 1 unspecified atom stereocenters. The van der Waals surface area contributed by atoms with E-state index in [0.717, 1.165) is 62.3 Å². The third-order valence-corrected chi connectivity index (χ3v) is 6.42. The normalized spacial score (nSPS) is 20.9. The van der Waals surface area contributed by atoms with Crippen LogP contribution in [0.1, 0.15) is 36.8 Å². The molecule has 2 aromatic rings. The van der Waals surface area contributed by atoms with Gasteiger partial charge >= 0.3 is 0 Å². The lowest BCUT2D eigenvalue weighted by molar-refractivity contribution is -0.122. The first-order valence-electron chi connectivity index (χ1n) is 10.7. The van der Waals surface area contributed by atoms with Gasteiger partial charge in [0, 0.05) is 31.4 Å².